The van der Waals surface area contributed by atoms with Gasteiger partial charge in [-0.25, -0.2) is 8.42 Å². The molecule has 1 amide bonds. The standard InChI is InChI=1S/C17H17ClN2O3S/c1-11-5-8-15(10-16(11)18)24(22,23)20-14-4-2-3-12(9-14)17(21)19-13-6-7-13/h2-5,8-10,13,20H,6-7H2,1H3,(H,19,21). The second-order valence-electron chi connectivity index (χ2n) is 5.85. The molecular formula is C17H17ClN2O3S. The van der Waals surface area contributed by atoms with E-state index in [1.807, 2.05) is 0 Å². The van der Waals surface area contributed by atoms with Gasteiger partial charge in [0.1, 0.15) is 0 Å². The molecule has 1 saturated carbocycles. The lowest BCUT2D eigenvalue weighted by molar-refractivity contribution is 0.0951. The molecule has 2 aromatic rings. The highest BCUT2D eigenvalue weighted by Crippen LogP contribution is 2.23. The van der Waals surface area contributed by atoms with Gasteiger partial charge in [0.25, 0.3) is 15.9 Å². The van der Waals surface area contributed by atoms with Gasteiger partial charge in [-0.3, -0.25) is 9.52 Å². The molecule has 0 unspecified atom stereocenters. The number of hydrogen-bond donors (Lipinski definition) is 2. The zero-order chi connectivity index (χ0) is 17.3. The van der Waals surface area contributed by atoms with Gasteiger partial charge in [0.05, 0.1) is 4.90 Å². The number of benzene rings is 2. The van der Waals surface area contributed by atoms with Crippen LogP contribution in [0.3, 0.4) is 0 Å². The molecule has 1 aliphatic rings. The van der Waals surface area contributed by atoms with Crippen LogP contribution in [0.4, 0.5) is 5.69 Å². The van der Waals surface area contributed by atoms with Crippen LogP contribution in [0.15, 0.2) is 47.4 Å². The SMILES string of the molecule is Cc1ccc(S(=O)(=O)Nc2cccc(C(=O)NC3CC3)c2)cc1Cl. The minimum atomic E-state index is -3.77. The number of anilines is 1. The monoisotopic (exact) mass is 364 g/mol. The first-order valence-corrected chi connectivity index (χ1v) is 9.41. The lowest BCUT2D eigenvalue weighted by Gasteiger charge is -2.10. The topological polar surface area (TPSA) is 75.3 Å². The van der Waals surface area contributed by atoms with Crippen molar-refractivity contribution in [2.45, 2.75) is 30.7 Å². The Morgan fingerprint density at radius 1 is 1.17 bits per heavy atom. The average Bonchev–Trinajstić information content (AvgIpc) is 3.33. The summed E-state index contributed by atoms with van der Waals surface area (Å²) in [6, 6.07) is 11.2. The van der Waals surface area contributed by atoms with E-state index in [4.69, 9.17) is 11.6 Å². The first-order chi connectivity index (χ1) is 11.3. The first kappa shape index (κ1) is 16.8. The van der Waals surface area contributed by atoms with Crippen molar-refractivity contribution in [1.82, 2.24) is 5.32 Å². The van der Waals surface area contributed by atoms with Gasteiger partial charge in [-0.2, -0.15) is 0 Å². The van der Waals surface area contributed by atoms with Gasteiger partial charge in [-0.05, 0) is 55.7 Å². The molecule has 2 N–H and O–H groups in total. The molecule has 24 heavy (non-hydrogen) atoms. The summed E-state index contributed by atoms with van der Waals surface area (Å²) in [5, 5.41) is 3.26. The number of halogens is 1. The van der Waals surface area contributed by atoms with E-state index in [1.54, 1.807) is 31.2 Å². The van der Waals surface area contributed by atoms with Crippen molar-refractivity contribution in [3.63, 3.8) is 0 Å². The third-order valence-corrected chi connectivity index (χ3v) is 5.53. The quantitative estimate of drug-likeness (QED) is 0.854. The Bertz CT molecular complexity index is 892. The van der Waals surface area contributed by atoms with Crippen LogP contribution in [0, 0.1) is 6.92 Å². The molecular weight excluding hydrogens is 348 g/mol. The predicted octanol–water partition coefficient (Wildman–Crippen LogP) is 3.34. The number of nitrogens with one attached hydrogen (secondary N) is 2. The van der Waals surface area contributed by atoms with Crippen LogP contribution in [0.1, 0.15) is 28.8 Å². The number of carbonyl (C=O) groups is 1. The predicted molar refractivity (Wildman–Crippen MR) is 93.9 cm³/mol. The van der Waals surface area contributed by atoms with Crippen LogP contribution >= 0.6 is 11.6 Å². The van der Waals surface area contributed by atoms with E-state index < -0.39 is 10.0 Å². The maximum atomic E-state index is 12.5. The Balaban J connectivity index is 1.81. The molecule has 0 saturated heterocycles. The number of carbonyl (C=O) groups excluding carboxylic acids is 1. The average molecular weight is 365 g/mol. The summed E-state index contributed by atoms with van der Waals surface area (Å²) in [5.74, 6) is -0.197. The molecule has 0 heterocycles. The Kier molecular flexibility index (Phi) is 4.51. The Morgan fingerprint density at radius 3 is 2.58 bits per heavy atom. The van der Waals surface area contributed by atoms with Gasteiger partial charge in [0.2, 0.25) is 0 Å². The summed E-state index contributed by atoms with van der Waals surface area (Å²) in [6.07, 6.45) is 1.98. The summed E-state index contributed by atoms with van der Waals surface area (Å²) in [5.41, 5.74) is 1.55. The van der Waals surface area contributed by atoms with Gasteiger partial charge in [-0.1, -0.05) is 23.7 Å². The van der Waals surface area contributed by atoms with E-state index in [-0.39, 0.29) is 16.8 Å². The van der Waals surface area contributed by atoms with Crippen molar-refractivity contribution in [2.24, 2.45) is 0 Å². The molecule has 1 aliphatic carbocycles. The van der Waals surface area contributed by atoms with Crippen LogP contribution in [0.2, 0.25) is 5.02 Å². The van der Waals surface area contributed by atoms with E-state index >= 15 is 0 Å². The van der Waals surface area contributed by atoms with Crippen LogP contribution in [-0.2, 0) is 10.0 Å². The van der Waals surface area contributed by atoms with Crippen LogP contribution in [-0.4, -0.2) is 20.4 Å². The summed E-state index contributed by atoms with van der Waals surface area (Å²) in [6.45, 7) is 1.80. The Morgan fingerprint density at radius 2 is 1.92 bits per heavy atom. The number of rotatable bonds is 5. The van der Waals surface area contributed by atoms with Gasteiger partial charge < -0.3 is 5.32 Å². The van der Waals surface area contributed by atoms with E-state index in [0.29, 0.717) is 16.3 Å². The van der Waals surface area contributed by atoms with Crippen molar-refractivity contribution in [3.8, 4) is 0 Å². The highest BCUT2D eigenvalue weighted by molar-refractivity contribution is 7.92. The molecule has 5 nitrogen and oxygen atoms in total. The summed E-state index contributed by atoms with van der Waals surface area (Å²) < 4.78 is 27.4. The highest BCUT2D eigenvalue weighted by Gasteiger charge is 2.24. The minimum Gasteiger partial charge on any atom is -0.349 e. The third-order valence-electron chi connectivity index (χ3n) is 3.74. The molecule has 0 aliphatic heterocycles. The van der Waals surface area contributed by atoms with Crippen LogP contribution < -0.4 is 10.0 Å². The van der Waals surface area contributed by atoms with E-state index in [1.165, 1.54) is 18.2 Å². The maximum Gasteiger partial charge on any atom is 0.261 e. The van der Waals surface area contributed by atoms with Crippen molar-refractivity contribution < 1.29 is 13.2 Å². The van der Waals surface area contributed by atoms with E-state index in [0.717, 1.165) is 18.4 Å². The molecule has 0 radical (unpaired) electrons. The molecule has 0 spiro atoms. The second-order valence-corrected chi connectivity index (χ2v) is 7.93. The van der Waals surface area contributed by atoms with E-state index in [9.17, 15) is 13.2 Å². The van der Waals surface area contributed by atoms with Crippen LogP contribution in [0.25, 0.3) is 0 Å². The molecule has 2 aromatic carbocycles. The molecule has 0 atom stereocenters. The zero-order valence-corrected chi connectivity index (χ0v) is 14.6. The fraction of sp³-hybridized carbons (Fsp3) is 0.235. The fourth-order valence-corrected chi connectivity index (χ4v) is 3.50. The molecule has 0 bridgehead atoms. The van der Waals surface area contributed by atoms with Gasteiger partial charge in [0, 0.05) is 22.3 Å². The van der Waals surface area contributed by atoms with Gasteiger partial charge in [-0.15, -0.1) is 0 Å². The van der Waals surface area contributed by atoms with Crippen molar-refractivity contribution in [2.75, 3.05) is 4.72 Å². The third kappa shape index (κ3) is 3.88. The fourth-order valence-electron chi connectivity index (χ4n) is 2.18. The lowest BCUT2D eigenvalue weighted by Crippen LogP contribution is -2.25. The largest absolute Gasteiger partial charge is 0.349 e. The number of hydrogen-bond acceptors (Lipinski definition) is 3. The summed E-state index contributed by atoms with van der Waals surface area (Å²) >= 11 is 6.00. The van der Waals surface area contributed by atoms with Crippen LogP contribution in [0.5, 0.6) is 0 Å². The number of aryl methyl sites for hydroxylation is 1. The van der Waals surface area contributed by atoms with Crippen molar-refractivity contribution in [3.05, 3.63) is 58.6 Å². The van der Waals surface area contributed by atoms with Crippen molar-refractivity contribution >= 4 is 33.2 Å². The molecule has 126 valence electrons. The summed E-state index contributed by atoms with van der Waals surface area (Å²) in [7, 11) is -3.77. The maximum absolute atomic E-state index is 12.5. The van der Waals surface area contributed by atoms with E-state index in [2.05, 4.69) is 10.0 Å². The van der Waals surface area contributed by atoms with Gasteiger partial charge >= 0.3 is 0 Å². The second kappa shape index (κ2) is 6.45. The zero-order valence-electron chi connectivity index (χ0n) is 13.0. The van der Waals surface area contributed by atoms with Gasteiger partial charge in [0.15, 0.2) is 0 Å². The molecule has 3 rings (SSSR count). The number of amides is 1. The molecule has 1 fully saturated rings. The smallest absolute Gasteiger partial charge is 0.261 e. The molecule has 0 aromatic heterocycles. The first-order valence-electron chi connectivity index (χ1n) is 7.55. The van der Waals surface area contributed by atoms with Crippen molar-refractivity contribution in [1.29, 1.82) is 0 Å². The Labute approximate surface area is 146 Å². The number of sulfonamides is 1. The highest BCUT2D eigenvalue weighted by atomic mass is 35.5. The summed E-state index contributed by atoms with van der Waals surface area (Å²) in [4.78, 5) is 12.1. The molecule has 7 heteroatoms. The lowest BCUT2D eigenvalue weighted by atomic mass is 10.2. The minimum absolute atomic E-state index is 0.0749. The Hall–Kier alpha value is -2.05. The normalized spacial score (nSPS) is 14.2.